The molecule has 0 unspecified atom stereocenters. The van der Waals surface area contributed by atoms with Crippen LogP contribution in [0, 0.1) is 6.92 Å². The summed E-state index contributed by atoms with van der Waals surface area (Å²) in [4.78, 5) is 20.2. The van der Waals surface area contributed by atoms with Crippen molar-refractivity contribution in [2.24, 2.45) is 0 Å². The van der Waals surface area contributed by atoms with Crippen LogP contribution in [-0.4, -0.2) is 22.3 Å². The first-order chi connectivity index (χ1) is 10.2. The maximum absolute atomic E-state index is 12.6. The van der Waals surface area contributed by atoms with Gasteiger partial charge in [-0.05, 0) is 42.5 Å². The summed E-state index contributed by atoms with van der Waals surface area (Å²) in [6, 6.07) is 7.59. The van der Waals surface area contributed by atoms with E-state index in [1.165, 1.54) is 10.4 Å². The molecule has 0 aliphatic carbocycles. The molecule has 3 aromatic heterocycles. The van der Waals surface area contributed by atoms with Crippen molar-refractivity contribution in [3.05, 3.63) is 51.5 Å². The van der Waals surface area contributed by atoms with Gasteiger partial charge in [-0.3, -0.25) is 4.79 Å². The number of hydrogen-bond donors (Lipinski definition) is 0. The van der Waals surface area contributed by atoms with Gasteiger partial charge in [0.05, 0.1) is 0 Å². The molecule has 106 valence electrons. The van der Waals surface area contributed by atoms with Gasteiger partial charge >= 0.3 is 0 Å². The van der Waals surface area contributed by atoms with Gasteiger partial charge in [0.2, 0.25) is 0 Å². The zero-order valence-electron chi connectivity index (χ0n) is 11.6. The second-order valence-electron chi connectivity index (χ2n) is 5.29. The summed E-state index contributed by atoms with van der Waals surface area (Å²) in [6.45, 7) is 3.34. The molecule has 0 aromatic carbocycles. The van der Waals surface area contributed by atoms with Crippen molar-refractivity contribution in [2.75, 3.05) is 6.54 Å². The van der Waals surface area contributed by atoms with Gasteiger partial charge in [-0.25, -0.2) is 4.98 Å². The molecule has 0 atom stereocenters. The number of pyridine rings is 1. The number of furan rings is 1. The van der Waals surface area contributed by atoms with Crippen molar-refractivity contribution in [3.8, 4) is 0 Å². The maximum Gasteiger partial charge on any atom is 0.289 e. The fourth-order valence-corrected chi connectivity index (χ4v) is 3.60. The van der Waals surface area contributed by atoms with Crippen LogP contribution in [0.4, 0.5) is 0 Å². The molecule has 1 amide bonds. The molecule has 3 aromatic rings. The summed E-state index contributed by atoms with van der Waals surface area (Å²) >= 11 is 1.77. The Hall–Kier alpha value is -2.14. The Morgan fingerprint density at radius 1 is 1.38 bits per heavy atom. The van der Waals surface area contributed by atoms with Crippen LogP contribution in [-0.2, 0) is 13.0 Å². The van der Waals surface area contributed by atoms with Crippen LogP contribution in [0.25, 0.3) is 11.1 Å². The summed E-state index contributed by atoms with van der Waals surface area (Å²) in [6.07, 6.45) is 0.927. The van der Waals surface area contributed by atoms with Crippen LogP contribution in [0.5, 0.6) is 0 Å². The van der Waals surface area contributed by atoms with Crippen molar-refractivity contribution in [1.82, 2.24) is 9.88 Å². The van der Waals surface area contributed by atoms with E-state index in [1.807, 2.05) is 24.0 Å². The van der Waals surface area contributed by atoms with Crippen LogP contribution >= 0.6 is 11.3 Å². The van der Waals surface area contributed by atoms with Crippen molar-refractivity contribution >= 4 is 28.3 Å². The predicted molar refractivity (Wildman–Crippen MR) is 81.5 cm³/mol. The minimum atomic E-state index is -0.0532. The predicted octanol–water partition coefficient (Wildman–Crippen LogP) is 3.40. The molecule has 0 bridgehead atoms. The lowest BCUT2D eigenvalue weighted by atomic mass is 10.1. The first-order valence-electron chi connectivity index (χ1n) is 6.92. The molecule has 0 fully saturated rings. The minimum Gasteiger partial charge on any atom is -0.449 e. The largest absolute Gasteiger partial charge is 0.449 e. The number of hydrogen-bond acceptors (Lipinski definition) is 4. The Kier molecular flexibility index (Phi) is 2.82. The quantitative estimate of drug-likeness (QED) is 0.692. The highest BCUT2D eigenvalue weighted by Crippen LogP contribution is 2.26. The topological polar surface area (TPSA) is 46.3 Å². The molecule has 0 saturated heterocycles. The molecule has 0 N–H and O–H groups in total. The number of carbonyl (C=O) groups is 1. The summed E-state index contributed by atoms with van der Waals surface area (Å²) in [5, 5.41) is 2.09. The Bertz CT molecular complexity index is 834. The standard InChI is InChI=1S/C16H14N2O2S/c1-10-2-3-13-12(17-10)8-14(20-13)16(19)18-6-4-15-11(9-18)5-7-21-15/h2-3,5,7-8H,4,6,9H2,1H3. The molecular weight excluding hydrogens is 284 g/mol. The average Bonchev–Trinajstić information content (AvgIpc) is 3.11. The van der Waals surface area contributed by atoms with E-state index >= 15 is 0 Å². The Morgan fingerprint density at radius 3 is 3.19 bits per heavy atom. The van der Waals surface area contributed by atoms with Gasteiger partial charge in [0.25, 0.3) is 5.91 Å². The third-order valence-electron chi connectivity index (χ3n) is 3.82. The van der Waals surface area contributed by atoms with E-state index in [4.69, 9.17) is 4.42 Å². The number of rotatable bonds is 1. The normalized spacial score (nSPS) is 14.4. The van der Waals surface area contributed by atoms with Crippen LogP contribution in [0.15, 0.2) is 34.1 Å². The Morgan fingerprint density at radius 2 is 2.29 bits per heavy atom. The fourth-order valence-electron chi connectivity index (χ4n) is 2.71. The summed E-state index contributed by atoms with van der Waals surface area (Å²) in [5.41, 5.74) is 3.58. The van der Waals surface area contributed by atoms with E-state index in [0.29, 0.717) is 17.9 Å². The third kappa shape index (κ3) is 2.14. The molecule has 1 aliphatic heterocycles. The SMILES string of the molecule is Cc1ccc2oc(C(=O)N3CCc4sccc4C3)cc2n1. The lowest BCUT2D eigenvalue weighted by Gasteiger charge is -2.26. The number of amides is 1. The Balaban J connectivity index is 1.64. The van der Waals surface area contributed by atoms with Gasteiger partial charge in [-0.15, -0.1) is 11.3 Å². The van der Waals surface area contributed by atoms with Crippen LogP contribution < -0.4 is 0 Å². The number of thiophene rings is 1. The molecule has 21 heavy (non-hydrogen) atoms. The number of aryl methyl sites for hydroxylation is 1. The molecule has 0 saturated carbocycles. The van der Waals surface area contributed by atoms with E-state index in [2.05, 4.69) is 16.4 Å². The number of aromatic nitrogens is 1. The lowest BCUT2D eigenvalue weighted by Crippen LogP contribution is -2.35. The minimum absolute atomic E-state index is 0.0532. The van der Waals surface area contributed by atoms with Gasteiger partial charge in [0.1, 0.15) is 5.52 Å². The van der Waals surface area contributed by atoms with Crippen LogP contribution in [0.1, 0.15) is 26.7 Å². The number of carbonyl (C=O) groups excluding carboxylic acids is 1. The van der Waals surface area contributed by atoms with Gasteiger partial charge < -0.3 is 9.32 Å². The zero-order valence-corrected chi connectivity index (χ0v) is 12.4. The average molecular weight is 298 g/mol. The van der Waals surface area contributed by atoms with Gasteiger partial charge in [-0.1, -0.05) is 0 Å². The zero-order chi connectivity index (χ0) is 14.4. The van der Waals surface area contributed by atoms with Gasteiger partial charge in [-0.2, -0.15) is 0 Å². The van der Waals surface area contributed by atoms with Crippen molar-refractivity contribution in [3.63, 3.8) is 0 Å². The van der Waals surface area contributed by atoms with E-state index in [0.717, 1.165) is 24.2 Å². The first kappa shape index (κ1) is 12.6. The highest BCUT2D eigenvalue weighted by molar-refractivity contribution is 7.10. The van der Waals surface area contributed by atoms with E-state index in [1.54, 1.807) is 17.4 Å². The molecule has 0 radical (unpaired) electrons. The third-order valence-corrected chi connectivity index (χ3v) is 4.84. The maximum atomic E-state index is 12.6. The Labute approximate surface area is 126 Å². The van der Waals surface area contributed by atoms with Gasteiger partial charge in [0, 0.05) is 29.7 Å². The summed E-state index contributed by atoms with van der Waals surface area (Å²) < 4.78 is 5.66. The van der Waals surface area contributed by atoms with Crippen LogP contribution in [0.3, 0.4) is 0 Å². The molecule has 0 spiro atoms. The molecule has 5 heteroatoms. The molecule has 1 aliphatic rings. The van der Waals surface area contributed by atoms with Crippen molar-refractivity contribution in [2.45, 2.75) is 19.9 Å². The highest BCUT2D eigenvalue weighted by atomic mass is 32.1. The van der Waals surface area contributed by atoms with E-state index in [-0.39, 0.29) is 5.91 Å². The van der Waals surface area contributed by atoms with Gasteiger partial charge in [0.15, 0.2) is 11.3 Å². The van der Waals surface area contributed by atoms with Crippen molar-refractivity contribution in [1.29, 1.82) is 0 Å². The molecule has 4 heterocycles. The number of nitrogens with zero attached hydrogens (tertiary/aromatic N) is 2. The molecule has 4 nitrogen and oxygen atoms in total. The van der Waals surface area contributed by atoms with Crippen molar-refractivity contribution < 1.29 is 9.21 Å². The summed E-state index contributed by atoms with van der Waals surface area (Å²) in [5.74, 6) is 0.323. The van der Waals surface area contributed by atoms with E-state index < -0.39 is 0 Å². The monoisotopic (exact) mass is 298 g/mol. The lowest BCUT2D eigenvalue weighted by molar-refractivity contribution is 0.0706. The molecular formula is C16H14N2O2S. The highest BCUT2D eigenvalue weighted by Gasteiger charge is 2.25. The second kappa shape index (κ2) is 4.70. The fraction of sp³-hybridized carbons (Fsp3) is 0.250. The first-order valence-corrected chi connectivity index (χ1v) is 7.80. The van der Waals surface area contributed by atoms with E-state index in [9.17, 15) is 4.79 Å². The number of fused-ring (bicyclic) bond motifs is 2. The molecule has 4 rings (SSSR count). The summed E-state index contributed by atoms with van der Waals surface area (Å²) in [7, 11) is 0. The van der Waals surface area contributed by atoms with Crippen LogP contribution in [0.2, 0.25) is 0 Å². The second-order valence-corrected chi connectivity index (χ2v) is 6.29. The smallest absolute Gasteiger partial charge is 0.289 e.